The number of fused-ring (bicyclic) bond motifs is 1. The summed E-state index contributed by atoms with van der Waals surface area (Å²) in [4.78, 5) is 13.6. The van der Waals surface area contributed by atoms with Crippen molar-refractivity contribution in [2.24, 2.45) is 0 Å². The molecular formula is C12H16N2O3. The van der Waals surface area contributed by atoms with Crippen molar-refractivity contribution in [3.63, 3.8) is 0 Å². The summed E-state index contributed by atoms with van der Waals surface area (Å²) in [5, 5.41) is 8.86. The quantitative estimate of drug-likeness (QED) is 0.760. The summed E-state index contributed by atoms with van der Waals surface area (Å²) in [6, 6.07) is 5.32. The van der Waals surface area contributed by atoms with E-state index in [1.165, 1.54) is 0 Å². The molecule has 1 aromatic carbocycles. The number of anilines is 2. The maximum Gasteiger partial charge on any atom is 0.267 e. The molecule has 0 radical (unpaired) electrons. The van der Waals surface area contributed by atoms with Gasteiger partial charge in [-0.1, -0.05) is 6.07 Å². The van der Waals surface area contributed by atoms with Crippen molar-refractivity contribution in [2.45, 2.75) is 19.4 Å². The normalized spacial score (nSPS) is 18.8. The number of aliphatic hydroxyl groups is 1. The molecule has 0 spiro atoms. The second-order valence-electron chi connectivity index (χ2n) is 4.02. The molecule has 0 saturated carbocycles. The Balaban J connectivity index is 2.38. The predicted molar refractivity (Wildman–Crippen MR) is 65.0 cm³/mol. The van der Waals surface area contributed by atoms with Crippen LogP contribution in [0.3, 0.4) is 0 Å². The van der Waals surface area contributed by atoms with Crippen LogP contribution in [0.1, 0.15) is 13.3 Å². The van der Waals surface area contributed by atoms with Crippen molar-refractivity contribution < 1.29 is 14.6 Å². The molecular weight excluding hydrogens is 220 g/mol. The molecule has 1 aromatic rings. The van der Waals surface area contributed by atoms with Gasteiger partial charge in [-0.3, -0.25) is 4.79 Å². The monoisotopic (exact) mass is 236 g/mol. The smallest absolute Gasteiger partial charge is 0.267 e. The zero-order valence-corrected chi connectivity index (χ0v) is 9.72. The Morgan fingerprint density at radius 1 is 1.53 bits per heavy atom. The number of aliphatic hydroxyl groups excluding tert-OH is 1. The molecule has 3 N–H and O–H groups in total. The molecule has 1 unspecified atom stereocenters. The second kappa shape index (κ2) is 4.63. The molecule has 2 rings (SSSR count). The molecule has 0 bridgehead atoms. The van der Waals surface area contributed by atoms with Crippen molar-refractivity contribution in [3.8, 4) is 5.75 Å². The standard InChI is InChI=1S/C12H16N2O3/c1-8-12(16)14(6-3-7-15)10-5-2-4-9(13)11(10)17-8/h2,4-5,8,15H,3,6-7,13H2,1H3. The van der Waals surface area contributed by atoms with Crippen molar-refractivity contribution in [1.82, 2.24) is 0 Å². The highest BCUT2D eigenvalue weighted by molar-refractivity contribution is 6.01. The third-order valence-corrected chi connectivity index (χ3v) is 2.76. The van der Waals surface area contributed by atoms with Crippen molar-refractivity contribution >= 4 is 17.3 Å². The minimum absolute atomic E-state index is 0.0522. The summed E-state index contributed by atoms with van der Waals surface area (Å²) in [5.74, 6) is 0.453. The summed E-state index contributed by atoms with van der Waals surface area (Å²) in [5.41, 5.74) is 7.03. The molecule has 1 atom stereocenters. The number of benzene rings is 1. The summed E-state index contributed by atoms with van der Waals surface area (Å²) in [6.07, 6.45) is -0.00179. The van der Waals surface area contributed by atoms with Crippen molar-refractivity contribution in [3.05, 3.63) is 18.2 Å². The van der Waals surface area contributed by atoms with E-state index in [1.54, 1.807) is 30.0 Å². The number of nitrogens with two attached hydrogens (primary N) is 1. The van der Waals surface area contributed by atoms with Gasteiger partial charge in [0.25, 0.3) is 5.91 Å². The van der Waals surface area contributed by atoms with E-state index in [2.05, 4.69) is 0 Å². The molecule has 0 saturated heterocycles. The Morgan fingerprint density at radius 3 is 3.00 bits per heavy atom. The number of amides is 1. The summed E-state index contributed by atoms with van der Waals surface area (Å²) in [7, 11) is 0. The Hall–Kier alpha value is -1.75. The molecule has 1 aliphatic rings. The Labute approximate surface area is 99.8 Å². The van der Waals surface area contributed by atoms with Gasteiger partial charge in [0, 0.05) is 13.2 Å². The Kier molecular flexibility index (Phi) is 3.19. The minimum atomic E-state index is -0.536. The number of hydrogen-bond acceptors (Lipinski definition) is 4. The van der Waals surface area contributed by atoms with Gasteiger partial charge in [-0.2, -0.15) is 0 Å². The summed E-state index contributed by atoms with van der Waals surface area (Å²) < 4.78 is 5.51. The number of nitrogen functional groups attached to an aromatic ring is 1. The van der Waals surface area contributed by atoms with Crippen LogP contribution in [0.15, 0.2) is 18.2 Å². The van der Waals surface area contributed by atoms with Gasteiger partial charge in [-0.05, 0) is 25.5 Å². The van der Waals surface area contributed by atoms with Gasteiger partial charge < -0.3 is 20.5 Å². The van der Waals surface area contributed by atoms with E-state index in [4.69, 9.17) is 15.6 Å². The first-order chi connectivity index (χ1) is 8.15. The fourth-order valence-corrected chi connectivity index (χ4v) is 1.91. The maximum atomic E-state index is 12.0. The van der Waals surface area contributed by atoms with E-state index in [9.17, 15) is 4.79 Å². The number of para-hydroxylation sites is 1. The van der Waals surface area contributed by atoms with Gasteiger partial charge >= 0.3 is 0 Å². The molecule has 1 heterocycles. The van der Waals surface area contributed by atoms with Crippen LogP contribution in [0.5, 0.6) is 5.75 Å². The fourth-order valence-electron chi connectivity index (χ4n) is 1.91. The lowest BCUT2D eigenvalue weighted by Crippen LogP contribution is -2.45. The van der Waals surface area contributed by atoms with Gasteiger partial charge in [0.05, 0.1) is 11.4 Å². The number of rotatable bonds is 3. The van der Waals surface area contributed by atoms with Crippen molar-refractivity contribution in [2.75, 3.05) is 23.8 Å². The van der Waals surface area contributed by atoms with E-state index in [-0.39, 0.29) is 12.5 Å². The molecule has 1 aliphatic heterocycles. The van der Waals surface area contributed by atoms with Gasteiger partial charge in [0.15, 0.2) is 11.9 Å². The van der Waals surface area contributed by atoms with Crippen LogP contribution >= 0.6 is 0 Å². The summed E-state index contributed by atoms with van der Waals surface area (Å²) >= 11 is 0. The molecule has 0 fully saturated rings. The highest BCUT2D eigenvalue weighted by Gasteiger charge is 2.31. The lowest BCUT2D eigenvalue weighted by Gasteiger charge is -2.33. The first-order valence-electron chi connectivity index (χ1n) is 5.62. The zero-order valence-electron chi connectivity index (χ0n) is 9.72. The van der Waals surface area contributed by atoms with E-state index in [0.29, 0.717) is 30.1 Å². The third-order valence-electron chi connectivity index (χ3n) is 2.76. The first kappa shape index (κ1) is 11.7. The molecule has 17 heavy (non-hydrogen) atoms. The minimum Gasteiger partial charge on any atom is -0.477 e. The maximum absolute atomic E-state index is 12.0. The van der Waals surface area contributed by atoms with Crippen LogP contribution in [-0.2, 0) is 4.79 Å². The van der Waals surface area contributed by atoms with Crippen LogP contribution in [0.2, 0.25) is 0 Å². The largest absolute Gasteiger partial charge is 0.477 e. The highest BCUT2D eigenvalue weighted by atomic mass is 16.5. The lowest BCUT2D eigenvalue weighted by atomic mass is 10.1. The van der Waals surface area contributed by atoms with Crippen molar-refractivity contribution in [1.29, 1.82) is 0 Å². The van der Waals surface area contributed by atoms with E-state index < -0.39 is 6.10 Å². The van der Waals surface area contributed by atoms with Crippen LogP contribution in [0, 0.1) is 0 Å². The first-order valence-corrected chi connectivity index (χ1v) is 5.62. The third kappa shape index (κ3) is 2.06. The van der Waals surface area contributed by atoms with Gasteiger partial charge in [-0.15, -0.1) is 0 Å². The van der Waals surface area contributed by atoms with Gasteiger partial charge in [0.1, 0.15) is 0 Å². The van der Waals surface area contributed by atoms with Crippen LogP contribution < -0.4 is 15.4 Å². The number of carbonyl (C=O) groups excluding carboxylic acids is 1. The lowest BCUT2D eigenvalue weighted by molar-refractivity contribution is -0.125. The molecule has 5 heteroatoms. The molecule has 1 amide bonds. The number of ether oxygens (including phenoxy) is 1. The number of nitrogens with zero attached hydrogens (tertiary/aromatic N) is 1. The van der Waals surface area contributed by atoms with Crippen LogP contribution in [0.25, 0.3) is 0 Å². The highest BCUT2D eigenvalue weighted by Crippen LogP contribution is 2.38. The topological polar surface area (TPSA) is 75.8 Å². The van der Waals surface area contributed by atoms with E-state index in [0.717, 1.165) is 0 Å². The second-order valence-corrected chi connectivity index (χ2v) is 4.02. The Morgan fingerprint density at radius 2 is 2.29 bits per heavy atom. The Bertz CT molecular complexity index is 434. The zero-order chi connectivity index (χ0) is 12.4. The molecule has 5 nitrogen and oxygen atoms in total. The average molecular weight is 236 g/mol. The molecule has 0 aliphatic carbocycles. The number of hydrogen-bond donors (Lipinski definition) is 2. The van der Waals surface area contributed by atoms with E-state index >= 15 is 0 Å². The average Bonchev–Trinajstić information content (AvgIpc) is 2.31. The van der Waals surface area contributed by atoms with Crippen LogP contribution in [0.4, 0.5) is 11.4 Å². The predicted octanol–water partition coefficient (Wildman–Crippen LogP) is 0.765. The summed E-state index contributed by atoms with van der Waals surface area (Å²) in [6.45, 7) is 2.22. The van der Waals surface area contributed by atoms with Crippen LogP contribution in [-0.4, -0.2) is 30.3 Å². The van der Waals surface area contributed by atoms with E-state index in [1.807, 2.05) is 0 Å². The number of carbonyl (C=O) groups is 1. The van der Waals surface area contributed by atoms with Gasteiger partial charge in [-0.25, -0.2) is 0 Å². The molecule has 92 valence electrons. The molecule has 0 aromatic heterocycles. The van der Waals surface area contributed by atoms with Gasteiger partial charge in [0.2, 0.25) is 0 Å². The fraction of sp³-hybridized carbons (Fsp3) is 0.417. The SMILES string of the molecule is CC1Oc2c(N)cccc2N(CCCO)C1=O.